The SMILES string of the molecule is COC(=O)NC(C(=O)N1CCCC1c1ncc(-c2ccc(-c3ccc(-c4ccc(-c5cnc(C6CCCN6C(=O)C(NC(=O)OC)C(C)C)[nH]5)cc4)n3-c3ccc(C(C)(C)C#N)cc3)cc2)[nH]1)C(C)C. The zero-order valence-electron chi connectivity index (χ0n) is 41.1. The molecule has 4 amide bonds. The summed E-state index contributed by atoms with van der Waals surface area (Å²) in [5.74, 6) is 0.818. The van der Waals surface area contributed by atoms with Gasteiger partial charge in [0.2, 0.25) is 11.8 Å². The summed E-state index contributed by atoms with van der Waals surface area (Å²) < 4.78 is 11.8. The van der Waals surface area contributed by atoms with Gasteiger partial charge in [0.05, 0.1) is 73.0 Å². The third-order valence-corrected chi connectivity index (χ3v) is 13.7. The topological polar surface area (TPSA) is 203 Å². The number of aromatic nitrogens is 5. The molecule has 0 saturated carbocycles. The smallest absolute Gasteiger partial charge is 0.407 e. The number of H-pyrrole nitrogens is 2. The number of alkyl carbamates (subject to hydrolysis) is 2. The maximum absolute atomic E-state index is 13.7. The molecule has 0 aliphatic carbocycles. The summed E-state index contributed by atoms with van der Waals surface area (Å²) in [5, 5.41) is 15.3. The number of nitriles is 1. The first-order valence-corrected chi connectivity index (χ1v) is 24.0. The highest BCUT2D eigenvalue weighted by molar-refractivity contribution is 5.87. The maximum Gasteiger partial charge on any atom is 0.407 e. The van der Waals surface area contributed by atoms with E-state index in [0.29, 0.717) is 24.7 Å². The van der Waals surface area contributed by atoms with Crippen LogP contribution in [0.15, 0.2) is 97.3 Å². The number of carbonyl (C=O) groups excluding carboxylic acids is 4. The van der Waals surface area contributed by atoms with E-state index in [1.54, 1.807) is 22.2 Å². The van der Waals surface area contributed by atoms with Gasteiger partial charge in [-0.25, -0.2) is 19.6 Å². The zero-order chi connectivity index (χ0) is 49.9. The van der Waals surface area contributed by atoms with Gasteiger partial charge in [-0.15, -0.1) is 0 Å². The number of imidazole rings is 2. The molecule has 2 aliphatic heterocycles. The Hall–Kier alpha value is -7.67. The van der Waals surface area contributed by atoms with Gasteiger partial charge in [-0.1, -0.05) is 88.4 Å². The first-order chi connectivity index (χ1) is 33.6. The minimum Gasteiger partial charge on any atom is -0.453 e. The molecule has 2 fully saturated rings. The molecule has 6 aromatic rings. The molecule has 5 heterocycles. The van der Waals surface area contributed by atoms with Gasteiger partial charge in [-0.3, -0.25) is 9.59 Å². The Balaban J connectivity index is 1.05. The summed E-state index contributed by atoms with van der Waals surface area (Å²) in [6, 6.07) is 29.5. The van der Waals surface area contributed by atoms with E-state index in [0.717, 1.165) is 82.0 Å². The number of methoxy groups -OCH3 is 2. The number of carbonyl (C=O) groups is 4. The predicted molar refractivity (Wildman–Crippen MR) is 266 cm³/mol. The third kappa shape index (κ3) is 9.92. The molecule has 16 nitrogen and oxygen atoms in total. The quantitative estimate of drug-likeness (QED) is 0.0820. The van der Waals surface area contributed by atoms with Crippen LogP contribution in [0.1, 0.15) is 96.5 Å². The summed E-state index contributed by atoms with van der Waals surface area (Å²) in [4.78, 5) is 71.7. The average Bonchev–Trinajstić information content (AvgIpc) is 4.24. The molecule has 4 unspecified atom stereocenters. The van der Waals surface area contributed by atoms with E-state index >= 15 is 0 Å². The Morgan fingerprint density at radius 1 is 0.643 bits per heavy atom. The lowest BCUT2D eigenvalue weighted by Crippen LogP contribution is -2.51. The predicted octanol–water partition coefficient (Wildman–Crippen LogP) is 9.48. The number of rotatable bonds is 14. The molecule has 4 N–H and O–H groups in total. The molecule has 70 heavy (non-hydrogen) atoms. The van der Waals surface area contributed by atoms with E-state index in [2.05, 4.69) is 104 Å². The van der Waals surface area contributed by atoms with Crippen LogP contribution in [0.3, 0.4) is 0 Å². The Morgan fingerprint density at radius 3 is 1.41 bits per heavy atom. The van der Waals surface area contributed by atoms with Gasteiger partial charge in [0.1, 0.15) is 23.7 Å². The Kier molecular flexibility index (Phi) is 14.3. The number of likely N-dealkylation sites (tertiary alicyclic amines) is 2. The first-order valence-electron chi connectivity index (χ1n) is 24.0. The molecule has 8 rings (SSSR count). The van der Waals surface area contributed by atoms with Gasteiger partial charge in [0, 0.05) is 18.8 Å². The van der Waals surface area contributed by atoms with E-state index < -0.39 is 29.7 Å². The van der Waals surface area contributed by atoms with Crippen molar-refractivity contribution in [3.63, 3.8) is 0 Å². The molecule has 364 valence electrons. The fourth-order valence-electron chi connectivity index (χ4n) is 9.59. The van der Waals surface area contributed by atoms with Crippen molar-refractivity contribution in [2.24, 2.45) is 11.8 Å². The lowest BCUT2D eigenvalue weighted by Gasteiger charge is -2.30. The number of aromatic amines is 2. The standard InChI is InChI=1S/C54H62N10O6/c1-32(2)46(60-52(67)69-7)50(65)62-27-9-11-44(62)48-56-29-40(58-48)34-13-17-36(18-14-34)42-25-26-43(64(42)39-23-21-38(22-24-39)54(5,6)31-55)37-19-15-35(16-20-37)41-30-57-49(59-41)45-12-10-28-63(45)51(66)47(33(3)4)61-53(68)70-8/h13-26,29-30,32-33,44-47H,9-12,27-28H2,1-8H3,(H,56,58)(H,57,59)(H,60,67)(H,61,68). The minimum absolute atomic E-state index is 0.132. The van der Waals surface area contributed by atoms with Gasteiger partial charge in [0.15, 0.2) is 0 Å². The van der Waals surface area contributed by atoms with Crippen LogP contribution in [0.2, 0.25) is 0 Å². The summed E-state index contributed by atoms with van der Waals surface area (Å²) in [6.07, 6.45) is 5.48. The summed E-state index contributed by atoms with van der Waals surface area (Å²) in [5.41, 5.74) is 8.65. The number of nitrogens with zero attached hydrogens (tertiary/aromatic N) is 6. The fraction of sp³-hybridized carbons (Fsp3) is 0.389. The van der Waals surface area contributed by atoms with E-state index in [-0.39, 0.29) is 35.7 Å². The number of nitrogens with one attached hydrogen (secondary N) is 4. The van der Waals surface area contributed by atoms with Crippen molar-refractivity contribution in [3.8, 4) is 56.8 Å². The Morgan fingerprint density at radius 2 is 1.04 bits per heavy atom. The van der Waals surface area contributed by atoms with Gasteiger partial charge in [-0.05, 0) is 103 Å². The number of amides is 4. The van der Waals surface area contributed by atoms with Crippen LogP contribution in [0, 0.1) is 23.2 Å². The van der Waals surface area contributed by atoms with Crippen molar-refractivity contribution in [2.45, 2.75) is 96.8 Å². The average molecular weight is 947 g/mol. The lowest BCUT2D eigenvalue weighted by molar-refractivity contribution is -0.136. The van der Waals surface area contributed by atoms with Crippen molar-refractivity contribution in [3.05, 3.63) is 115 Å². The van der Waals surface area contributed by atoms with Crippen molar-refractivity contribution in [2.75, 3.05) is 27.3 Å². The third-order valence-electron chi connectivity index (χ3n) is 13.7. The summed E-state index contributed by atoms with van der Waals surface area (Å²) >= 11 is 0. The Labute approximate surface area is 408 Å². The number of hydrogen-bond donors (Lipinski definition) is 4. The van der Waals surface area contributed by atoms with Crippen LogP contribution in [0.25, 0.3) is 50.7 Å². The number of benzene rings is 3. The van der Waals surface area contributed by atoms with Gasteiger partial charge < -0.3 is 44.4 Å². The molecule has 3 aromatic carbocycles. The monoisotopic (exact) mass is 946 g/mol. The fourth-order valence-corrected chi connectivity index (χ4v) is 9.59. The normalized spacial score (nSPS) is 16.8. The highest BCUT2D eigenvalue weighted by Crippen LogP contribution is 2.38. The van der Waals surface area contributed by atoms with Crippen LogP contribution < -0.4 is 10.6 Å². The molecule has 0 radical (unpaired) electrons. The van der Waals surface area contributed by atoms with Gasteiger partial charge >= 0.3 is 12.2 Å². The van der Waals surface area contributed by atoms with Crippen molar-refractivity contribution in [1.29, 1.82) is 5.26 Å². The van der Waals surface area contributed by atoms with Crippen LogP contribution in [-0.4, -0.2) is 97.7 Å². The molecule has 0 bridgehead atoms. The van der Waals surface area contributed by atoms with Crippen LogP contribution in [0.4, 0.5) is 9.59 Å². The molecule has 2 aliphatic rings. The Bertz CT molecular complexity index is 2710. The van der Waals surface area contributed by atoms with Crippen molar-refractivity contribution < 1.29 is 28.7 Å². The second kappa shape index (κ2) is 20.5. The molecular weight excluding hydrogens is 885 g/mol. The van der Waals surface area contributed by atoms with Crippen LogP contribution in [-0.2, 0) is 24.5 Å². The zero-order valence-corrected chi connectivity index (χ0v) is 41.1. The molecule has 2 saturated heterocycles. The lowest BCUT2D eigenvalue weighted by atomic mass is 9.86. The first kappa shape index (κ1) is 48.8. The number of hydrogen-bond acceptors (Lipinski definition) is 9. The highest BCUT2D eigenvalue weighted by atomic mass is 16.5. The van der Waals surface area contributed by atoms with E-state index in [1.165, 1.54) is 14.2 Å². The van der Waals surface area contributed by atoms with Crippen molar-refractivity contribution >= 4 is 24.0 Å². The highest BCUT2D eigenvalue weighted by Gasteiger charge is 2.39. The molecular formula is C54H62N10O6. The van der Waals surface area contributed by atoms with Crippen molar-refractivity contribution in [1.82, 2.24) is 44.9 Å². The summed E-state index contributed by atoms with van der Waals surface area (Å²) in [7, 11) is 2.57. The van der Waals surface area contributed by atoms with Gasteiger partial charge in [0.25, 0.3) is 0 Å². The van der Waals surface area contributed by atoms with E-state index in [4.69, 9.17) is 19.4 Å². The molecule has 0 spiro atoms. The molecule has 3 aromatic heterocycles. The minimum atomic E-state index is -0.717. The van der Waals surface area contributed by atoms with Crippen LogP contribution in [0.5, 0.6) is 0 Å². The second-order valence-corrected chi connectivity index (χ2v) is 19.3. The van der Waals surface area contributed by atoms with Crippen LogP contribution >= 0.6 is 0 Å². The maximum atomic E-state index is 13.7. The summed E-state index contributed by atoms with van der Waals surface area (Å²) in [6.45, 7) is 12.6. The van der Waals surface area contributed by atoms with E-state index in [1.807, 2.05) is 53.7 Å². The molecule has 4 atom stereocenters. The number of ether oxygens (including phenoxy) is 2. The second-order valence-electron chi connectivity index (χ2n) is 19.3. The van der Waals surface area contributed by atoms with E-state index in [9.17, 15) is 24.4 Å². The van der Waals surface area contributed by atoms with Gasteiger partial charge in [-0.2, -0.15) is 5.26 Å². The largest absolute Gasteiger partial charge is 0.453 e. The molecule has 16 heteroatoms.